The molecule has 0 aliphatic carbocycles. The van der Waals surface area contributed by atoms with Crippen molar-refractivity contribution in [2.24, 2.45) is 0 Å². The van der Waals surface area contributed by atoms with Gasteiger partial charge in [0.1, 0.15) is 18.4 Å². The summed E-state index contributed by atoms with van der Waals surface area (Å²) in [6, 6.07) is 0. The average molecular weight is 382 g/mol. The number of ether oxygens (including phenoxy) is 2. The summed E-state index contributed by atoms with van der Waals surface area (Å²) in [5.74, 6) is -1.92. The lowest BCUT2D eigenvalue weighted by Crippen LogP contribution is -2.37. The first-order valence-electron chi connectivity index (χ1n) is 7.05. The molecule has 140 valence electrons. The molecule has 13 heteroatoms. The van der Waals surface area contributed by atoms with Gasteiger partial charge in [-0.05, 0) is 6.92 Å². The molecule has 2 heterocycles. The van der Waals surface area contributed by atoms with E-state index in [4.69, 9.17) is 19.3 Å². The normalized spacial score (nSPS) is 24.9. The number of aromatic amines is 1. The summed E-state index contributed by atoms with van der Waals surface area (Å²) < 4.78 is 40.2. The molecule has 0 aromatic carbocycles. The maximum Gasteiger partial charge on any atom is 0.469 e. The summed E-state index contributed by atoms with van der Waals surface area (Å²) in [5.41, 5.74) is -2.16. The number of hydrogen-bond acceptors (Lipinski definition) is 7. The summed E-state index contributed by atoms with van der Waals surface area (Å²) in [5, 5.41) is 0. The third-order valence-electron chi connectivity index (χ3n) is 3.43. The zero-order chi connectivity index (χ0) is 18.9. The lowest BCUT2D eigenvalue weighted by Gasteiger charge is -2.24. The van der Waals surface area contributed by atoms with E-state index in [-0.39, 0.29) is 6.42 Å². The second kappa shape index (κ2) is 7.18. The molecule has 1 fully saturated rings. The molecular formula is C12H16FN2O9P. The quantitative estimate of drug-likeness (QED) is 0.446. The highest BCUT2D eigenvalue weighted by atomic mass is 31.2. The number of carbonyl (C=O) groups excluding carboxylic acids is 1. The van der Waals surface area contributed by atoms with Gasteiger partial charge in [-0.1, -0.05) is 0 Å². The second-order valence-corrected chi connectivity index (χ2v) is 6.58. The number of carbonyl (C=O) groups is 1. The minimum absolute atomic E-state index is 0.121. The van der Waals surface area contributed by atoms with Crippen LogP contribution in [0.2, 0.25) is 0 Å². The topological polar surface area (TPSA) is 157 Å². The van der Waals surface area contributed by atoms with Gasteiger partial charge in [-0.25, -0.2) is 9.36 Å². The molecule has 0 radical (unpaired) electrons. The number of esters is 1. The molecule has 1 aliphatic heterocycles. The molecule has 2 rings (SSSR count). The smallest absolute Gasteiger partial charge is 0.459 e. The van der Waals surface area contributed by atoms with Crippen LogP contribution in [-0.2, 0) is 23.4 Å². The monoisotopic (exact) mass is 382 g/mol. The summed E-state index contributed by atoms with van der Waals surface area (Å²) in [4.78, 5) is 53.6. The van der Waals surface area contributed by atoms with Crippen molar-refractivity contribution in [2.45, 2.75) is 44.8 Å². The summed E-state index contributed by atoms with van der Waals surface area (Å²) in [7, 11) is -4.85. The highest BCUT2D eigenvalue weighted by Crippen LogP contribution is 2.41. The molecule has 0 unspecified atom stereocenters. The predicted molar refractivity (Wildman–Crippen MR) is 78.0 cm³/mol. The van der Waals surface area contributed by atoms with Crippen molar-refractivity contribution >= 4 is 13.8 Å². The fraction of sp³-hybridized carbons (Fsp3) is 0.583. The van der Waals surface area contributed by atoms with Gasteiger partial charge in [0.15, 0.2) is 0 Å². The molecule has 1 saturated heterocycles. The van der Waals surface area contributed by atoms with Gasteiger partial charge in [0.25, 0.3) is 5.56 Å². The van der Waals surface area contributed by atoms with Crippen LogP contribution in [0.3, 0.4) is 0 Å². The average Bonchev–Trinajstić information content (AvgIpc) is 2.84. The van der Waals surface area contributed by atoms with E-state index in [2.05, 4.69) is 4.52 Å². The molecule has 1 aliphatic rings. The zero-order valence-electron chi connectivity index (χ0n) is 13.1. The second-order valence-electron chi connectivity index (χ2n) is 5.38. The largest absolute Gasteiger partial charge is 0.469 e. The van der Waals surface area contributed by atoms with Gasteiger partial charge in [-0.2, -0.15) is 4.39 Å². The number of nitrogens with zero attached hydrogens (tertiary/aromatic N) is 1. The Bertz CT molecular complexity index is 816. The first-order valence-corrected chi connectivity index (χ1v) is 8.58. The first kappa shape index (κ1) is 19.5. The zero-order valence-corrected chi connectivity index (χ0v) is 14.0. The minimum Gasteiger partial charge on any atom is -0.459 e. The van der Waals surface area contributed by atoms with Crippen LogP contribution >= 0.6 is 7.82 Å². The highest BCUT2D eigenvalue weighted by Gasteiger charge is 2.44. The molecule has 4 atom stereocenters. The van der Waals surface area contributed by atoms with Crippen LogP contribution in [0, 0.1) is 5.82 Å². The van der Waals surface area contributed by atoms with E-state index in [1.807, 2.05) is 0 Å². The molecule has 0 amide bonds. The Morgan fingerprint density at radius 2 is 2.16 bits per heavy atom. The number of rotatable bonds is 5. The number of phosphoric acid groups is 1. The Morgan fingerprint density at radius 1 is 1.52 bits per heavy atom. The van der Waals surface area contributed by atoms with E-state index in [1.54, 1.807) is 4.98 Å². The van der Waals surface area contributed by atoms with E-state index >= 15 is 0 Å². The van der Waals surface area contributed by atoms with E-state index in [1.165, 1.54) is 6.92 Å². The molecule has 11 nitrogen and oxygen atoms in total. The van der Waals surface area contributed by atoms with Crippen LogP contribution < -0.4 is 11.2 Å². The van der Waals surface area contributed by atoms with Gasteiger partial charge < -0.3 is 19.3 Å². The van der Waals surface area contributed by atoms with Gasteiger partial charge in [-0.15, -0.1) is 0 Å². The van der Waals surface area contributed by atoms with Crippen molar-refractivity contribution in [3.63, 3.8) is 0 Å². The van der Waals surface area contributed by atoms with Crippen LogP contribution in [0.1, 0.15) is 26.5 Å². The Morgan fingerprint density at radius 3 is 2.72 bits per heavy atom. The lowest BCUT2D eigenvalue weighted by molar-refractivity contribution is -0.152. The molecule has 0 spiro atoms. The number of H-pyrrole nitrogens is 1. The molecule has 1 aromatic rings. The van der Waals surface area contributed by atoms with Gasteiger partial charge in [-0.3, -0.25) is 23.7 Å². The van der Waals surface area contributed by atoms with Crippen LogP contribution in [-0.4, -0.2) is 43.6 Å². The van der Waals surface area contributed by atoms with Crippen molar-refractivity contribution in [1.82, 2.24) is 9.55 Å². The van der Waals surface area contributed by atoms with Crippen LogP contribution in [0.15, 0.2) is 15.8 Å². The summed E-state index contributed by atoms with van der Waals surface area (Å²) >= 11 is 0. The maximum absolute atomic E-state index is 13.4. The van der Waals surface area contributed by atoms with E-state index in [0.29, 0.717) is 6.20 Å². The molecule has 1 aromatic heterocycles. The Hall–Kier alpha value is -1.85. The number of phosphoric ester groups is 1. The highest BCUT2D eigenvalue weighted by molar-refractivity contribution is 7.46. The number of hydrogen-bond donors (Lipinski definition) is 3. The van der Waals surface area contributed by atoms with Gasteiger partial charge in [0.2, 0.25) is 5.82 Å². The van der Waals surface area contributed by atoms with Gasteiger partial charge in [0.05, 0.1) is 12.3 Å². The Balaban J connectivity index is 2.30. The molecule has 25 heavy (non-hydrogen) atoms. The lowest BCUT2D eigenvalue weighted by atomic mass is 10.1. The van der Waals surface area contributed by atoms with Crippen molar-refractivity contribution in [2.75, 3.05) is 0 Å². The molecular weight excluding hydrogens is 366 g/mol. The standard InChI is InChI=1S/C12H16FN2O9P/c1-5(24-25(19,20)21)10-8(22-6(2)16)3-9(23-10)15-4-7(13)11(17)14-12(15)18/h4-5,8-10H,3H2,1-2H3,(H,14,17,18)(H2,19,20,21)/t5-,8-,9+,10+/m0/s1. The summed E-state index contributed by atoms with van der Waals surface area (Å²) in [6.45, 7) is 2.39. The SMILES string of the molecule is CC(=O)O[C@H]1C[C@H](n2cc(F)c(=O)[nH]c2=O)O[C@@H]1[C@H](C)OP(=O)(O)O. The Kier molecular flexibility index (Phi) is 5.59. The van der Waals surface area contributed by atoms with E-state index in [0.717, 1.165) is 11.5 Å². The summed E-state index contributed by atoms with van der Waals surface area (Å²) in [6.07, 6.45) is -3.98. The number of aromatic nitrogens is 2. The maximum atomic E-state index is 13.4. The van der Waals surface area contributed by atoms with Gasteiger partial charge in [0, 0.05) is 13.3 Å². The molecule has 3 N–H and O–H groups in total. The van der Waals surface area contributed by atoms with Crippen LogP contribution in [0.4, 0.5) is 4.39 Å². The van der Waals surface area contributed by atoms with Crippen molar-refractivity contribution in [3.8, 4) is 0 Å². The Labute approximate surface area is 139 Å². The third kappa shape index (κ3) is 4.83. The first-order chi connectivity index (χ1) is 11.5. The van der Waals surface area contributed by atoms with Crippen LogP contribution in [0.25, 0.3) is 0 Å². The predicted octanol–water partition coefficient (Wildman–Crippen LogP) is -0.607. The van der Waals surface area contributed by atoms with Crippen molar-refractivity contribution in [1.29, 1.82) is 0 Å². The fourth-order valence-corrected chi connectivity index (χ4v) is 3.08. The van der Waals surface area contributed by atoms with Crippen molar-refractivity contribution < 1.29 is 37.5 Å². The molecule has 0 saturated carbocycles. The van der Waals surface area contributed by atoms with Crippen LogP contribution in [0.5, 0.6) is 0 Å². The van der Waals surface area contributed by atoms with Gasteiger partial charge >= 0.3 is 19.5 Å². The van der Waals surface area contributed by atoms with E-state index in [9.17, 15) is 23.3 Å². The number of halogens is 1. The van der Waals surface area contributed by atoms with E-state index < -0.39 is 55.4 Å². The van der Waals surface area contributed by atoms with Crippen molar-refractivity contribution in [3.05, 3.63) is 32.9 Å². The minimum atomic E-state index is -4.85. The number of nitrogens with one attached hydrogen (secondary N) is 1. The third-order valence-corrected chi connectivity index (χ3v) is 4.04. The fourth-order valence-electron chi connectivity index (χ4n) is 2.53. The molecule has 0 bridgehead atoms.